The lowest BCUT2D eigenvalue weighted by Gasteiger charge is -2.36. The van der Waals surface area contributed by atoms with Gasteiger partial charge in [-0.15, -0.1) is 0 Å². The van der Waals surface area contributed by atoms with Crippen molar-refractivity contribution in [1.82, 2.24) is 0 Å². The van der Waals surface area contributed by atoms with Crippen LogP contribution in [-0.2, 0) is 0 Å². The van der Waals surface area contributed by atoms with Gasteiger partial charge in [0.05, 0.1) is 5.69 Å². The van der Waals surface area contributed by atoms with E-state index in [0.717, 1.165) is 37.8 Å². The Bertz CT molecular complexity index is 1370. The third-order valence-corrected chi connectivity index (χ3v) is 8.17. The van der Waals surface area contributed by atoms with Crippen LogP contribution in [0.3, 0.4) is 0 Å². The molecule has 31 heavy (non-hydrogen) atoms. The van der Waals surface area contributed by atoms with Crippen molar-refractivity contribution in [2.24, 2.45) is 4.99 Å². The van der Waals surface area contributed by atoms with E-state index in [-0.39, 0.29) is 17.0 Å². The number of aliphatic imine (C=N–C) groups is 1. The first-order chi connectivity index (χ1) is 15.1. The van der Waals surface area contributed by atoms with Crippen LogP contribution in [-0.4, -0.2) is 12.1 Å². The van der Waals surface area contributed by atoms with Crippen molar-refractivity contribution < 1.29 is 8.78 Å². The number of hydrogen-bond donors (Lipinski definition) is 0. The maximum absolute atomic E-state index is 13.4. The maximum Gasteiger partial charge on any atom is 0.123 e. The second-order valence-electron chi connectivity index (χ2n) is 7.57. The van der Waals surface area contributed by atoms with Crippen LogP contribution in [0.1, 0.15) is 16.5 Å². The van der Waals surface area contributed by atoms with Gasteiger partial charge in [0, 0.05) is 38.9 Å². The fourth-order valence-electron chi connectivity index (χ4n) is 4.16. The molecular weight excluding hydrogens is 430 g/mol. The summed E-state index contributed by atoms with van der Waals surface area (Å²) in [4.78, 5) is 9.50. The number of rotatable bonds is 2. The third-order valence-electron chi connectivity index (χ3n) is 5.69. The number of benzene rings is 4. The second-order valence-corrected chi connectivity index (χ2v) is 9.73. The lowest BCUT2D eigenvalue weighted by atomic mass is 10.0. The van der Waals surface area contributed by atoms with Gasteiger partial charge in [-0.1, -0.05) is 35.7 Å². The number of nitrogens with zero attached hydrogens (tertiary/aromatic N) is 2. The molecule has 2 aliphatic rings. The van der Waals surface area contributed by atoms with Gasteiger partial charge < -0.3 is 4.90 Å². The highest BCUT2D eigenvalue weighted by Gasteiger charge is 2.30. The molecule has 4 aromatic carbocycles. The van der Waals surface area contributed by atoms with E-state index in [1.807, 2.05) is 12.1 Å². The van der Waals surface area contributed by atoms with Gasteiger partial charge in [0.2, 0.25) is 0 Å². The highest BCUT2D eigenvalue weighted by Crippen LogP contribution is 2.54. The summed E-state index contributed by atoms with van der Waals surface area (Å²) in [6.07, 6.45) is 0. The molecule has 2 nitrogen and oxygen atoms in total. The van der Waals surface area contributed by atoms with Crippen molar-refractivity contribution in [1.29, 1.82) is 0 Å². The zero-order valence-electron chi connectivity index (χ0n) is 16.5. The smallest absolute Gasteiger partial charge is 0.123 e. The zero-order valence-corrected chi connectivity index (χ0v) is 18.1. The van der Waals surface area contributed by atoms with Crippen LogP contribution in [0.2, 0.25) is 0 Å². The van der Waals surface area contributed by atoms with Gasteiger partial charge in [-0.05, 0) is 66.2 Å². The quantitative estimate of drug-likeness (QED) is 0.316. The summed E-state index contributed by atoms with van der Waals surface area (Å²) in [5.74, 6) is -0.474. The van der Waals surface area contributed by atoms with Crippen LogP contribution in [0, 0.1) is 11.6 Å². The normalized spacial score (nSPS) is 17.1. The molecule has 6 heteroatoms. The minimum atomic E-state index is -0.250. The van der Waals surface area contributed by atoms with Crippen molar-refractivity contribution >= 4 is 50.7 Å². The van der Waals surface area contributed by atoms with E-state index in [9.17, 15) is 8.78 Å². The SMILES string of the molecule is CN1c2ccc3c4c(ccc(c24)SC1c1ccc(F)cc1)N=C(c1ccc(F)cc1)S3. The molecule has 0 amide bonds. The fourth-order valence-corrected chi connectivity index (χ4v) is 6.49. The molecule has 0 aromatic heterocycles. The Hall–Kier alpha value is -2.83. The van der Waals surface area contributed by atoms with Gasteiger partial charge in [0.25, 0.3) is 0 Å². The molecule has 2 heterocycles. The van der Waals surface area contributed by atoms with E-state index < -0.39 is 0 Å². The Kier molecular flexibility index (Phi) is 4.33. The largest absolute Gasteiger partial charge is 0.358 e. The molecule has 152 valence electrons. The first-order valence-corrected chi connectivity index (χ1v) is 11.6. The van der Waals surface area contributed by atoms with Gasteiger partial charge in [-0.2, -0.15) is 0 Å². The number of thioether (sulfide) groups is 2. The first kappa shape index (κ1) is 18.9. The van der Waals surface area contributed by atoms with Gasteiger partial charge in [0.1, 0.15) is 22.1 Å². The molecule has 0 saturated heterocycles. The van der Waals surface area contributed by atoms with Crippen LogP contribution in [0.4, 0.5) is 20.2 Å². The van der Waals surface area contributed by atoms with Crippen molar-refractivity contribution in [2.45, 2.75) is 15.2 Å². The molecule has 4 aromatic rings. The van der Waals surface area contributed by atoms with E-state index in [2.05, 4.69) is 36.2 Å². The topological polar surface area (TPSA) is 15.6 Å². The Morgan fingerprint density at radius 1 is 0.774 bits per heavy atom. The maximum atomic E-state index is 13.4. The number of halogens is 2. The average molecular weight is 447 g/mol. The molecule has 1 unspecified atom stereocenters. The molecule has 0 aliphatic carbocycles. The van der Waals surface area contributed by atoms with Gasteiger partial charge in [-0.3, -0.25) is 0 Å². The minimum Gasteiger partial charge on any atom is -0.358 e. The van der Waals surface area contributed by atoms with Gasteiger partial charge in [0.15, 0.2) is 0 Å². The molecule has 0 radical (unpaired) electrons. The molecule has 0 fully saturated rings. The summed E-state index contributed by atoms with van der Waals surface area (Å²) in [6, 6.07) is 21.7. The second kappa shape index (κ2) is 7.11. The predicted molar refractivity (Wildman–Crippen MR) is 126 cm³/mol. The molecule has 0 spiro atoms. The van der Waals surface area contributed by atoms with Crippen LogP contribution >= 0.6 is 23.5 Å². The standard InChI is InChI=1S/C25H16F2N2S2/c1-29-19-11-13-20-22-18(28-24(30-20)14-2-6-16(26)7-3-14)10-12-21(23(19)22)31-25(29)15-4-8-17(27)9-5-15/h2-13,25H,1H3. The Balaban J connectivity index is 1.47. The van der Waals surface area contributed by atoms with Crippen LogP contribution in [0.15, 0.2) is 87.6 Å². The van der Waals surface area contributed by atoms with Crippen LogP contribution in [0.25, 0.3) is 10.8 Å². The average Bonchev–Trinajstić information content (AvgIpc) is 2.79. The van der Waals surface area contributed by atoms with Gasteiger partial charge in [-0.25, -0.2) is 13.8 Å². The van der Waals surface area contributed by atoms with Crippen LogP contribution in [0.5, 0.6) is 0 Å². The van der Waals surface area contributed by atoms with Crippen molar-refractivity contribution in [3.63, 3.8) is 0 Å². The minimum absolute atomic E-state index is 0.0712. The van der Waals surface area contributed by atoms with E-state index in [4.69, 9.17) is 4.99 Å². The predicted octanol–water partition coefficient (Wildman–Crippen LogP) is 7.54. The van der Waals surface area contributed by atoms with E-state index in [1.54, 1.807) is 35.7 Å². The summed E-state index contributed by atoms with van der Waals surface area (Å²) in [6.45, 7) is 0. The summed E-state index contributed by atoms with van der Waals surface area (Å²) in [5.41, 5.74) is 4.06. The number of anilines is 1. The van der Waals surface area contributed by atoms with Gasteiger partial charge >= 0.3 is 0 Å². The Morgan fingerprint density at radius 2 is 1.45 bits per heavy atom. The fraction of sp³-hybridized carbons (Fsp3) is 0.0800. The summed E-state index contributed by atoms with van der Waals surface area (Å²) in [7, 11) is 2.08. The van der Waals surface area contributed by atoms with E-state index in [0.29, 0.717) is 0 Å². The molecule has 0 bridgehead atoms. The summed E-state index contributed by atoms with van der Waals surface area (Å²) in [5, 5.41) is 3.30. The lowest BCUT2D eigenvalue weighted by molar-refractivity contribution is 0.626. The molecular formula is C25H16F2N2S2. The molecule has 1 atom stereocenters. The van der Waals surface area contributed by atoms with E-state index in [1.165, 1.54) is 34.5 Å². The third kappa shape index (κ3) is 3.05. The molecule has 0 N–H and O–H groups in total. The Labute approximate surface area is 187 Å². The first-order valence-electron chi connectivity index (χ1n) is 9.86. The van der Waals surface area contributed by atoms with Crippen molar-refractivity contribution in [2.75, 3.05) is 11.9 Å². The number of hydrogen-bond acceptors (Lipinski definition) is 4. The van der Waals surface area contributed by atoms with E-state index >= 15 is 0 Å². The highest BCUT2D eigenvalue weighted by atomic mass is 32.2. The lowest BCUT2D eigenvalue weighted by Crippen LogP contribution is -2.24. The zero-order chi connectivity index (χ0) is 21.1. The summed E-state index contributed by atoms with van der Waals surface area (Å²) >= 11 is 3.39. The highest BCUT2D eigenvalue weighted by molar-refractivity contribution is 8.14. The molecule has 0 saturated carbocycles. The Morgan fingerprint density at radius 3 is 2.19 bits per heavy atom. The van der Waals surface area contributed by atoms with Crippen LogP contribution < -0.4 is 4.90 Å². The van der Waals surface area contributed by atoms with Crippen molar-refractivity contribution in [3.8, 4) is 0 Å². The molecule has 6 rings (SSSR count). The monoisotopic (exact) mass is 446 g/mol. The van der Waals surface area contributed by atoms with Crippen molar-refractivity contribution in [3.05, 3.63) is 95.6 Å². The summed E-state index contributed by atoms with van der Waals surface area (Å²) < 4.78 is 26.8. The molecule has 2 aliphatic heterocycles.